The Bertz CT molecular complexity index is 963. The number of ether oxygens (including phenoxy) is 1. The minimum absolute atomic E-state index is 0.0822. The van der Waals surface area contributed by atoms with Crippen molar-refractivity contribution in [1.82, 2.24) is 4.98 Å². The molecule has 5 nitrogen and oxygen atoms in total. The summed E-state index contributed by atoms with van der Waals surface area (Å²) < 4.78 is 7.20. The van der Waals surface area contributed by atoms with Crippen molar-refractivity contribution in [3.05, 3.63) is 86.2 Å². The number of ketones is 1. The summed E-state index contributed by atoms with van der Waals surface area (Å²) in [4.78, 5) is 28.5. The number of rotatable bonds is 6. The second-order valence-electron chi connectivity index (χ2n) is 5.56. The SMILES string of the molecule is O=C(COc1ccc(C(=O)c2cc(I)ccc2Br)cc1)Nc1cccnc1. The average Bonchev–Trinajstić information content (AvgIpc) is 2.69. The number of hydrogen-bond acceptors (Lipinski definition) is 4. The number of carbonyl (C=O) groups is 2. The highest BCUT2D eigenvalue weighted by Gasteiger charge is 2.13. The van der Waals surface area contributed by atoms with Gasteiger partial charge in [-0.15, -0.1) is 0 Å². The molecular formula is C20H14BrIN2O3. The van der Waals surface area contributed by atoms with Crippen LogP contribution in [0, 0.1) is 3.57 Å². The van der Waals surface area contributed by atoms with Crippen LogP contribution in [0.25, 0.3) is 0 Å². The van der Waals surface area contributed by atoms with Crippen LogP contribution in [0.1, 0.15) is 15.9 Å². The van der Waals surface area contributed by atoms with Crippen LogP contribution in [-0.2, 0) is 4.79 Å². The van der Waals surface area contributed by atoms with Crippen molar-refractivity contribution in [2.45, 2.75) is 0 Å². The standard InChI is InChI=1S/C20H14BrIN2O3/c21-18-8-5-14(22)10-17(18)20(26)13-3-6-16(7-4-13)27-12-19(25)24-15-2-1-9-23-11-15/h1-11H,12H2,(H,24,25). The predicted octanol–water partition coefficient (Wildman–Crippen LogP) is 4.70. The molecule has 0 aliphatic rings. The van der Waals surface area contributed by atoms with Crippen LogP contribution >= 0.6 is 38.5 Å². The van der Waals surface area contributed by atoms with Crippen molar-refractivity contribution in [2.75, 3.05) is 11.9 Å². The van der Waals surface area contributed by atoms with Crippen LogP contribution in [0.3, 0.4) is 0 Å². The summed E-state index contributed by atoms with van der Waals surface area (Å²) in [5, 5.41) is 2.69. The third-order valence-electron chi connectivity index (χ3n) is 3.60. The van der Waals surface area contributed by atoms with Gasteiger partial charge in [0.1, 0.15) is 5.75 Å². The van der Waals surface area contributed by atoms with E-state index in [4.69, 9.17) is 4.74 Å². The lowest BCUT2D eigenvalue weighted by Gasteiger charge is -2.08. The van der Waals surface area contributed by atoms with Gasteiger partial charge in [0.05, 0.1) is 11.9 Å². The molecule has 0 spiro atoms. The molecule has 3 rings (SSSR count). The topological polar surface area (TPSA) is 68.3 Å². The molecule has 0 saturated carbocycles. The first kappa shape index (κ1) is 19.5. The molecule has 1 amide bonds. The number of aromatic nitrogens is 1. The summed E-state index contributed by atoms with van der Waals surface area (Å²) in [6, 6.07) is 15.8. The maximum absolute atomic E-state index is 12.7. The maximum Gasteiger partial charge on any atom is 0.262 e. The van der Waals surface area contributed by atoms with Gasteiger partial charge in [-0.05, 0) is 77.2 Å². The first-order valence-electron chi connectivity index (χ1n) is 7.95. The summed E-state index contributed by atoms with van der Waals surface area (Å²) in [5.74, 6) is 0.141. The lowest BCUT2D eigenvalue weighted by molar-refractivity contribution is -0.118. The molecule has 2 aromatic carbocycles. The molecule has 27 heavy (non-hydrogen) atoms. The normalized spacial score (nSPS) is 10.3. The number of pyridine rings is 1. The zero-order chi connectivity index (χ0) is 19.2. The second-order valence-corrected chi connectivity index (χ2v) is 7.66. The Hall–Kier alpha value is -2.26. The Labute approximate surface area is 178 Å². The number of anilines is 1. The molecule has 1 heterocycles. The molecule has 0 aliphatic carbocycles. The molecule has 3 aromatic rings. The van der Waals surface area contributed by atoms with E-state index in [1.54, 1.807) is 48.8 Å². The summed E-state index contributed by atoms with van der Waals surface area (Å²) >= 11 is 5.58. The zero-order valence-corrected chi connectivity index (χ0v) is 17.7. The molecule has 0 bridgehead atoms. The Balaban J connectivity index is 1.61. The highest BCUT2D eigenvalue weighted by molar-refractivity contribution is 14.1. The van der Waals surface area contributed by atoms with Gasteiger partial charge in [0.15, 0.2) is 12.4 Å². The van der Waals surface area contributed by atoms with Gasteiger partial charge in [-0.2, -0.15) is 0 Å². The largest absolute Gasteiger partial charge is 0.484 e. The first-order valence-corrected chi connectivity index (χ1v) is 9.82. The highest BCUT2D eigenvalue weighted by Crippen LogP contribution is 2.23. The van der Waals surface area contributed by atoms with Gasteiger partial charge >= 0.3 is 0 Å². The van der Waals surface area contributed by atoms with Gasteiger partial charge in [-0.25, -0.2) is 0 Å². The molecule has 0 saturated heterocycles. The van der Waals surface area contributed by atoms with Crippen molar-refractivity contribution in [3.8, 4) is 5.75 Å². The van der Waals surface area contributed by atoms with Crippen molar-refractivity contribution < 1.29 is 14.3 Å². The lowest BCUT2D eigenvalue weighted by Crippen LogP contribution is -2.20. The predicted molar refractivity (Wildman–Crippen MR) is 115 cm³/mol. The van der Waals surface area contributed by atoms with Gasteiger partial charge in [-0.3, -0.25) is 14.6 Å². The van der Waals surface area contributed by atoms with Crippen LogP contribution in [-0.4, -0.2) is 23.3 Å². The van der Waals surface area contributed by atoms with E-state index in [0.717, 1.165) is 8.04 Å². The fraction of sp³-hybridized carbons (Fsp3) is 0.0500. The monoisotopic (exact) mass is 536 g/mol. The fourth-order valence-electron chi connectivity index (χ4n) is 2.31. The quantitative estimate of drug-likeness (QED) is 0.366. The first-order chi connectivity index (χ1) is 13.0. The van der Waals surface area contributed by atoms with E-state index in [-0.39, 0.29) is 18.3 Å². The molecule has 136 valence electrons. The number of amides is 1. The summed E-state index contributed by atoms with van der Waals surface area (Å²) in [6.45, 7) is -0.134. The number of halogens is 2. The van der Waals surface area contributed by atoms with Crippen molar-refractivity contribution >= 4 is 55.9 Å². The number of hydrogen-bond donors (Lipinski definition) is 1. The summed E-state index contributed by atoms with van der Waals surface area (Å²) in [6.07, 6.45) is 3.19. The summed E-state index contributed by atoms with van der Waals surface area (Å²) in [5.41, 5.74) is 1.76. The van der Waals surface area contributed by atoms with Gasteiger partial charge in [0.2, 0.25) is 0 Å². The molecule has 1 N–H and O–H groups in total. The highest BCUT2D eigenvalue weighted by atomic mass is 127. The average molecular weight is 537 g/mol. The molecular weight excluding hydrogens is 523 g/mol. The van der Waals surface area contributed by atoms with Gasteiger partial charge < -0.3 is 10.1 Å². The fourth-order valence-corrected chi connectivity index (χ4v) is 3.23. The van der Waals surface area contributed by atoms with Crippen molar-refractivity contribution in [3.63, 3.8) is 0 Å². The van der Waals surface area contributed by atoms with E-state index in [1.807, 2.05) is 18.2 Å². The lowest BCUT2D eigenvalue weighted by atomic mass is 10.0. The molecule has 0 atom stereocenters. The van der Waals surface area contributed by atoms with Crippen molar-refractivity contribution in [1.29, 1.82) is 0 Å². The Kier molecular flexibility index (Phi) is 6.57. The van der Waals surface area contributed by atoms with Crippen LogP contribution in [0.2, 0.25) is 0 Å². The number of nitrogens with zero attached hydrogens (tertiary/aromatic N) is 1. The third-order valence-corrected chi connectivity index (χ3v) is 4.97. The zero-order valence-electron chi connectivity index (χ0n) is 14.0. The molecule has 0 unspecified atom stereocenters. The minimum Gasteiger partial charge on any atom is -0.484 e. The number of carbonyl (C=O) groups excluding carboxylic acids is 2. The Morgan fingerprint density at radius 2 is 1.89 bits per heavy atom. The van der Waals surface area contributed by atoms with Crippen LogP contribution < -0.4 is 10.1 Å². The van der Waals surface area contributed by atoms with E-state index in [1.165, 1.54) is 0 Å². The molecule has 0 radical (unpaired) electrons. The molecule has 7 heteroatoms. The second kappa shape index (κ2) is 9.09. The van der Waals surface area contributed by atoms with Crippen LogP contribution in [0.15, 0.2) is 71.5 Å². The molecule has 0 fully saturated rings. The van der Waals surface area contributed by atoms with Gasteiger partial charge in [-0.1, -0.05) is 15.9 Å². The smallest absolute Gasteiger partial charge is 0.262 e. The minimum atomic E-state index is -0.286. The van der Waals surface area contributed by atoms with E-state index < -0.39 is 0 Å². The molecule has 0 aliphatic heterocycles. The van der Waals surface area contributed by atoms with E-state index in [0.29, 0.717) is 22.6 Å². The van der Waals surface area contributed by atoms with Gasteiger partial charge in [0, 0.05) is 25.4 Å². The van der Waals surface area contributed by atoms with Crippen LogP contribution in [0.4, 0.5) is 5.69 Å². The van der Waals surface area contributed by atoms with Crippen molar-refractivity contribution in [2.24, 2.45) is 0 Å². The third kappa shape index (κ3) is 5.36. The van der Waals surface area contributed by atoms with E-state index in [9.17, 15) is 9.59 Å². The Morgan fingerprint density at radius 1 is 1.11 bits per heavy atom. The van der Waals surface area contributed by atoms with Gasteiger partial charge in [0.25, 0.3) is 5.91 Å². The van der Waals surface area contributed by atoms with Crippen LogP contribution in [0.5, 0.6) is 5.75 Å². The Morgan fingerprint density at radius 3 is 2.59 bits per heavy atom. The number of nitrogens with one attached hydrogen (secondary N) is 1. The maximum atomic E-state index is 12.7. The van der Waals surface area contributed by atoms with E-state index in [2.05, 4.69) is 48.8 Å². The molecule has 1 aromatic heterocycles. The number of benzene rings is 2. The van der Waals surface area contributed by atoms with E-state index >= 15 is 0 Å². The summed E-state index contributed by atoms with van der Waals surface area (Å²) in [7, 11) is 0.